The molecule has 0 radical (unpaired) electrons. The summed E-state index contributed by atoms with van der Waals surface area (Å²) in [4.78, 5) is 0. The van der Waals surface area contributed by atoms with E-state index in [9.17, 15) is 0 Å². The van der Waals surface area contributed by atoms with Crippen molar-refractivity contribution < 1.29 is 0 Å². The van der Waals surface area contributed by atoms with E-state index in [4.69, 9.17) is 5.73 Å². The lowest BCUT2D eigenvalue weighted by molar-refractivity contribution is 0.307. The molecule has 2 aromatic rings. The molecule has 0 aliphatic heterocycles. The number of hydrogen-bond donors (Lipinski definition) is 1. The van der Waals surface area contributed by atoms with Crippen molar-refractivity contribution >= 4 is 0 Å². The lowest BCUT2D eigenvalue weighted by Crippen LogP contribution is -2.49. The summed E-state index contributed by atoms with van der Waals surface area (Å²) in [6.07, 6.45) is 6.40. The van der Waals surface area contributed by atoms with Gasteiger partial charge < -0.3 is 5.73 Å². The fourth-order valence-electron chi connectivity index (χ4n) is 3.50. The first-order chi connectivity index (χ1) is 11.3. The highest BCUT2D eigenvalue weighted by molar-refractivity contribution is 5.29. The van der Waals surface area contributed by atoms with Crippen molar-refractivity contribution in [2.75, 3.05) is 0 Å². The molecule has 1 aliphatic carbocycles. The third-order valence-corrected chi connectivity index (χ3v) is 4.82. The van der Waals surface area contributed by atoms with Crippen LogP contribution in [-0.4, -0.2) is 5.54 Å². The van der Waals surface area contributed by atoms with Crippen LogP contribution >= 0.6 is 0 Å². The predicted octanol–water partition coefficient (Wildman–Crippen LogP) is 4.36. The Morgan fingerprint density at radius 2 is 1.57 bits per heavy atom. The monoisotopic (exact) mass is 303 g/mol. The molecule has 0 amide bonds. The van der Waals surface area contributed by atoms with Crippen LogP contribution in [0.1, 0.15) is 36.8 Å². The summed E-state index contributed by atoms with van der Waals surface area (Å²) in [7, 11) is 0. The maximum atomic E-state index is 6.88. The Morgan fingerprint density at radius 3 is 2.26 bits per heavy atom. The molecule has 2 N–H and O–H groups in total. The quantitative estimate of drug-likeness (QED) is 0.834. The minimum atomic E-state index is -0.433. The van der Waals surface area contributed by atoms with Crippen LogP contribution in [0.4, 0.5) is 0 Å². The molecule has 0 aromatic heterocycles. The van der Waals surface area contributed by atoms with Crippen LogP contribution in [0.2, 0.25) is 0 Å². The molecule has 1 aliphatic rings. The van der Waals surface area contributed by atoms with E-state index >= 15 is 0 Å². The van der Waals surface area contributed by atoms with Gasteiger partial charge in [0.05, 0.1) is 5.54 Å². The average molecular weight is 303 g/mol. The molecule has 23 heavy (non-hydrogen) atoms. The molecule has 3 rings (SSSR count). The zero-order valence-electron chi connectivity index (χ0n) is 13.7. The maximum Gasteiger partial charge on any atom is 0.0848 e. The SMILES string of the molecule is NC1(Cc2ccccc2)C#CCCCCC1Cc1ccccc1. The first-order valence-corrected chi connectivity index (χ1v) is 8.63. The highest BCUT2D eigenvalue weighted by Crippen LogP contribution is 2.29. The van der Waals surface area contributed by atoms with E-state index < -0.39 is 5.54 Å². The Hall–Kier alpha value is -2.04. The van der Waals surface area contributed by atoms with Gasteiger partial charge in [0, 0.05) is 12.8 Å². The van der Waals surface area contributed by atoms with Gasteiger partial charge in [0.25, 0.3) is 0 Å². The van der Waals surface area contributed by atoms with Gasteiger partial charge in [-0.15, -0.1) is 5.92 Å². The third-order valence-electron chi connectivity index (χ3n) is 4.82. The fourth-order valence-corrected chi connectivity index (χ4v) is 3.50. The van der Waals surface area contributed by atoms with Gasteiger partial charge in [-0.3, -0.25) is 0 Å². The average Bonchev–Trinajstić information content (AvgIpc) is 2.57. The summed E-state index contributed by atoms with van der Waals surface area (Å²) >= 11 is 0. The highest BCUT2D eigenvalue weighted by Gasteiger charge is 2.33. The molecule has 2 aromatic carbocycles. The zero-order chi connectivity index (χ0) is 16.0. The number of nitrogens with two attached hydrogens (primary N) is 1. The molecule has 0 spiro atoms. The van der Waals surface area contributed by atoms with E-state index in [2.05, 4.69) is 72.5 Å². The Morgan fingerprint density at radius 1 is 0.913 bits per heavy atom. The molecule has 0 saturated heterocycles. The third kappa shape index (κ3) is 4.24. The van der Waals surface area contributed by atoms with Crippen molar-refractivity contribution in [3.8, 4) is 11.8 Å². The number of benzene rings is 2. The second-order valence-electron chi connectivity index (χ2n) is 6.64. The van der Waals surface area contributed by atoms with Crippen LogP contribution in [0.15, 0.2) is 60.7 Å². The van der Waals surface area contributed by atoms with Crippen molar-refractivity contribution in [2.45, 2.75) is 44.1 Å². The van der Waals surface area contributed by atoms with E-state index in [1.807, 2.05) is 0 Å². The number of hydrogen-bond acceptors (Lipinski definition) is 1. The minimum Gasteiger partial charge on any atom is -0.315 e. The Kier molecular flexibility index (Phi) is 5.16. The lowest BCUT2D eigenvalue weighted by Gasteiger charge is -2.35. The van der Waals surface area contributed by atoms with Gasteiger partial charge in [0.2, 0.25) is 0 Å². The van der Waals surface area contributed by atoms with Crippen molar-refractivity contribution in [3.05, 3.63) is 71.8 Å². The molecule has 118 valence electrons. The zero-order valence-corrected chi connectivity index (χ0v) is 13.7. The van der Waals surface area contributed by atoms with Crippen molar-refractivity contribution in [2.24, 2.45) is 11.7 Å². The number of rotatable bonds is 4. The molecule has 1 nitrogen and oxygen atoms in total. The van der Waals surface area contributed by atoms with Crippen molar-refractivity contribution in [1.29, 1.82) is 0 Å². The van der Waals surface area contributed by atoms with E-state index in [0.29, 0.717) is 5.92 Å². The molecule has 0 saturated carbocycles. The van der Waals surface area contributed by atoms with Gasteiger partial charge in [-0.25, -0.2) is 0 Å². The van der Waals surface area contributed by atoms with Crippen LogP contribution in [0.25, 0.3) is 0 Å². The molecule has 0 heterocycles. The molecule has 0 fully saturated rings. The van der Waals surface area contributed by atoms with Gasteiger partial charge >= 0.3 is 0 Å². The fraction of sp³-hybridized carbons (Fsp3) is 0.364. The molecule has 2 atom stereocenters. The molecular weight excluding hydrogens is 278 g/mol. The van der Waals surface area contributed by atoms with Crippen molar-refractivity contribution in [3.63, 3.8) is 0 Å². The van der Waals surface area contributed by atoms with Gasteiger partial charge in [-0.05, 0) is 36.3 Å². The molecular formula is C22H25N. The Balaban J connectivity index is 1.87. The topological polar surface area (TPSA) is 26.0 Å². The summed E-state index contributed by atoms with van der Waals surface area (Å²) in [6.45, 7) is 0. The summed E-state index contributed by atoms with van der Waals surface area (Å²) in [5.41, 5.74) is 9.09. The second-order valence-corrected chi connectivity index (χ2v) is 6.64. The molecule has 1 heteroatoms. The van der Waals surface area contributed by atoms with Gasteiger partial charge in [0.1, 0.15) is 0 Å². The smallest absolute Gasteiger partial charge is 0.0848 e. The van der Waals surface area contributed by atoms with Crippen LogP contribution < -0.4 is 5.73 Å². The Bertz CT molecular complexity index is 665. The normalized spacial score (nSPS) is 24.1. The molecule has 0 bridgehead atoms. The van der Waals surface area contributed by atoms with Crippen LogP contribution in [0.5, 0.6) is 0 Å². The van der Waals surface area contributed by atoms with Gasteiger partial charge in [0.15, 0.2) is 0 Å². The van der Waals surface area contributed by atoms with Crippen LogP contribution in [0, 0.1) is 17.8 Å². The van der Waals surface area contributed by atoms with Gasteiger partial charge in [-0.2, -0.15) is 0 Å². The lowest BCUT2D eigenvalue weighted by atomic mass is 9.73. The van der Waals surface area contributed by atoms with E-state index in [-0.39, 0.29) is 0 Å². The largest absolute Gasteiger partial charge is 0.315 e. The summed E-state index contributed by atoms with van der Waals surface area (Å²) in [5.74, 6) is 7.18. The van der Waals surface area contributed by atoms with E-state index in [1.54, 1.807) is 0 Å². The standard InChI is InChI=1S/C22H25N/c23-22(18-20-13-7-4-8-14-20)16-10-2-1-9-15-21(22)17-19-11-5-3-6-12-19/h3-8,11-14,21H,1-2,9,15,17-18,23H2. The first kappa shape index (κ1) is 15.8. The highest BCUT2D eigenvalue weighted by atomic mass is 14.7. The first-order valence-electron chi connectivity index (χ1n) is 8.63. The predicted molar refractivity (Wildman–Crippen MR) is 96.9 cm³/mol. The summed E-state index contributed by atoms with van der Waals surface area (Å²) < 4.78 is 0. The molecule has 2 unspecified atom stereocenters. The maximum absolute atomic E-state index is 6.88. The van der Waals surface area contributed by atoms with Crippen molar-refractivity contribution in [1.82, 2.24) is 0 Å². The van der Waals surface area contributed by atoms with E-state index in [0.717, 1.165) is 25.7 Å². The second kappa shape index (κ2) is 7.49. The van der Waals surface area contributed by atoms with Crippen LogP contribution in [-0.2, 0) is 12.8 Å². The summed E-state index contributed by atoms with van der Waals surface area (Å²) in [6, 6.07) is 21.2. The Labute approximate surface area is 139 Å². The minimum absolute atomic E-state index is 0.401. The van der Waals surface area contributed by atoms with E-state index in [1.165, 1.54) is 24.0 Å². The van der Waals surface area contributed by atoms with Crippen LogP contribution in [0.3, 0.4) is 0 Å². The summed E-state index contributed by atoms with van der Waals surface area (Å²) in [5, 5.41) is 0. The van der Waals surface area contributed by atoms with Gasteiger partial charge in [-0.1, -0.05) is 73.0 Å².